The van der Waals surface area contributed by atoms with Crippen molar-refractivity contribution in [3.63, 3.8) is 0 Å². The van der Waals surface area contributed by atoms with Crippen LogP contribution in [0.2, 0.25) is 0 Å². The molecular weight excluding hydrogens is 376 g/mol. The number of ether oxygens (including phenoxy) is 3. The number of fused-ring (bicyclic) bond motifs is 1. The van der Waals surface area contributed by atoms with E-state index in [2.05, 4.69) is 10.5 Å². The molecule has 29 heavy (non-hydrogen) atoms. The lowest BCUT2D eigenvalue weighted by molar-refractivity contribution is -0.159. The minimum absolute atomic E-state index is 0.198. The molecule has 1 amide bonds. The van der Waals surface area contributed by atoms with Crippen LogP contribution in [0.15, 0.2) is 23.4 Å². The third-order valence-electron chi connectivity index (χ3n) is 5.14. The Morgan fingerprint density at radius 3 is 2.76 bits per heavy atom. The third-order valence-corrected chi connectivity index (χ3v) is 5.14. The number of oxime groups is 1. The minimum Gasteiger partial charge on any atom is -0.454 e. The first-order chi connectivity index (χ1) is 14.0. The summed E-state index contributed by atoms with van der Waals surface area (Å²) in [7, 11) is 0. The van der Waals surface area contributed by atoms with Gasteiger partial charge < -0.3 is 24.4 Å². The number of nitrogens with one attached hydrogen (secondary N) is 1. The highest BCUT2D eigenvalue weighted by Crippen LogP contribution is 2.32. The van der Waals surface area contributed by atoms with Crippen molar-refractivity contribution in [1.82, 2.24) is 5.32 Å². The first-order valence-electron chi connectivity index (χ1n) is 10.1. The second-order valence-corrected chi connectivity index (χ2v) is 7.40. The molecule has 3 rings (SSSR count). The van der Waals surface area contributed by atoms with Crippen LogP contribution in [0.1, 0.15) is 51.5 Å². The van der Waals surface area contributed by atoms with Crippen molar-refractivity contribution >= 4 is 17.6 Å². The Hall–Kier alpha value is -2.77. The van der Waals surface area contributed by atoms with Gasteiger partial charge in [-0.2, -0.15) is 0 Å². The third kappa shape index (κ3) is 6.10. The second-order valence-electron chi connectivity index (χ2n) is 7.40. The zero-order chi connectivity index (χ0) is 20.6. The first-order valence-corrected chi connectivity index (χ1v) is 10.1. The van der Waals surface area contributed by atoms with E-state index in [1.807, 2.05) is 6.07 Å². The average molecular weight is 404 g/mol. The molecule has 0 aromatic heterocycles. The molecule has 1 unspecified atom stereocenters. The van der Waals surface area contributed by atoms with Crippen LogP contribution in [0.4, 0.5) is 0 Å². The number of rotatable bonds is 8. The van der Waals surface area contributed by atoms with E-state index in [0.29, 0.717) is 29.7 Å². The summed E-state index contributed by atoms with van der Waals surface area (Å²) < 4.78 is 15.7. The molecule has 1 fully saturated rings. The molecule has 1 atom stereocenters. The lowest BCUT2D eigenvalue weighted by Gasteiger charge is -2.22. The van der Waals surface area contributed by atoms with Crippen molar-refractivity contribution in [2.75, 3.05) is 19.9 Å². The van der Waals surface area contributed by atoms with Gasteiger partial charge in [0.2, 0.25) is 13.4 Å². The molecule has 8 nitrogen and oxygen atoms in total. The van der Waals surface area contributed by atoms with Crippen LogP contribution in [0.5, 0.6) is 11.5 Å². The van der Waals surface area contributed by atoms with E-state index in [-0.39, 0.29) is 19.3 Å². The molecule has 158 valence electrons. The maximum Gasteiger partial charge on any atom is 0.347 e. The fourth-order valence-electron chi connectivity index (χ4n) is 3.42. The fraction of sp³-hybridized carbons (Fsp3) is 0.571. The van der Waals surface area contributed by atoms with E-state index in [1.54, 1.807) is 26.0 Å². The van der Waals surface area contributed by atoms with Crippen LogP contribution in [0.3, 0.4) is 0 Å². The van der Waals surface area contributed by atoms with E-state index in [4.69, 9.17) is 19.0 Å². The van der Waals surface area contributed by atoms with Crippen molar-refractivity contribution in [2.45, 2.75) is 52.1 Å². The summed E-state index contributed by atoms with van der Waals surface area (Å²) in [6.07, 6.45) is 5.12. The van der Waals surface area contributed by atoms with Crippen molar-refractivity contribution in [3.8, 4) is 11.5 Å². The summed E-state index contributed by atoms with van der Waals surface area (Å²) in [6.45, 7) is 3.77. The molecule has 0 radical (unpaired) electrons. The van der Waals surface area contributed by atoms with Gasteiger partial charge in [-0.05, 0) is 50.8 Å². The molecule has 0 spiro atoms. The Labute approximate surface area is 170 Å². The predicted molar refractivity (Wildman–Crippen MR) is 106 cm³/mol. The van der Waals surface area contributed by atoms with Gasteiger partial charge in [-0.1, -0.05) is 24.4 Å². The van der Waals surface area contributed by atoms with Crippen molar-refractivity contribution in [1.29, 1.82) is 0 Å². The number of amides is 1. The summed E-state index contributed by atoms with van der Waals surface area (Å²) in [4.78, 5) is 29.1. The maximum atomic E-state index is 12.1. The molecule has 1 heterocycles. The summed E-state index contributed by atoms with van der Waals surface area (Å²) in [5.41, 5.74) is 1.37. The normalized spacial score (nSPS) is 17.5. The summed E-state index contributed by atoms with van der Waals surface area (Å²) in [6, 6.07) is 5.41. The van der Waals surface area contributed by atoms with Gasteiger partial charge in [0.25, 0.3) is 5.91 Å². The Kier molecular flexibility index (Phi) is 7.32. The Morgan fingerprint density at radius 2 is 1.97 bits per heavy atom. The summed E-state index contributed by atoms with van der Waals surface area (Å²) in [5, 5.41) is 6.80. The maximum absolute atomic E-state index is 12.1. The zero-order valence-corrected chi connectivity index (χ0v) is 16.9. The number of hydrogen-bond acceptors (Lipinski definition) is 7. The van der Waals surface area contributed by atoms with Gasteiger partial charge in [0.1, 0.15) is 0 Å². The summed E-state index contributed by atoms with van der Waals surface area (Å²) >= 11 is 0. The van der Waals surface area contributed by atoms with Crippen LogP contribution < -0.4 is 14.8 Å². The number of benzene rings is 1. The molecule has 1 aromatic carbocycles. The Bertz CT molecular complexity index is 758. The largest absolute Gasteiger partial charge is 0.454 e. The monoisotopic (exact) mass is 404 g/mol. The number of hydrogen-bond donors (Lipinski definition) is 1. The van der Waals surface area contributed by atoms with Gasteiger partial charge in [0.15, 0.2) is 17.6 Å². The first kappa shape index (κ1) is 21.0. The smallest absolute Gasteiger partial charge is 0.347 e. The van der Waals surface area contributed by atoms with Gasteiger partial charge in [0.05, 0.1) is 5.71 Å². The molecule has 1 saturated carbocycles. The molecule has 1 aromatic rings. The minimum atomic E-state index is -0.867. The van der Waals surface area contributed by atoms with Crippen LogP contribution in [0.25, 0.3) is 0 Å². The van der Waals surface area contributed by atoms with Crippen LogP contribution in [-0.4, -0.2) is 43.6 Å². The van der Waals surface area contributed by atoms with E-state index >= 15 is 0 Å². The highest BCUT2D eigenvalue weighted by Gasteiger charge is 2.20. The molecule has 8 heteroatoms. The quantitative estimate of drug-likeness (QED) is 0.407. The van der Waals surface area contributed by atoms with Crippen LogP contribution in [0, 0.1) is 5.92 Å². The highest BCUT2D eigenvalue weighted by molar-refractivity contribution is 5.99. The highest BCUT2D eigenvalue weighted by atomic mass is 16.7. The molecule has 0 bridgehead atoms. The van der Waals surface area contributed by atoms with Crippen LogP contribution in [-0.2, 0) is 19.2 Å². The fourth-order valence-corrected chi connectivity index (χ4v) is 3.42. The number of carbonyl (C=O) groups is 2. The molecule has 2 aliphatic rings. The average Bonchev–Trinajstić information content (AvgIpc) is 3.20. The Morgan fingerprint density at radius 1 is 1.21 bits per heavy atom. The van der Waals surface area contributed by atoms with Crippen molar-refractivity contribution < 1.29 is 28.6 Å². The standard InChI is InChI=1S/C21H28N2O6/c1-14(17-8-9-18-19(10-17)27-13-26-18)23-28-12-20(24)29-15(2)21(25)22-11-16-6-4-3-5-7-16/h8-10,15-16H,3-7,11-13H2,1-2H3,(H,22,25)/b23-14+. The van der Waals surface area contributed by atoms with Gasteiger partial charge >= 0.3 is 5.97 Å². The van der Waals surface area contributed by atoms with Gasteiger partial charge in [-0.25, -0.2) is 4.79 Å². The van der Waals surface area contributed by atoms with Gasteiger partial charge in [0, 0.05) is 12.1 Å². The molecule has 0 saturated heterocycles. The SMILES string of the molecule is C/C(=N\OCC(=O)OC(C)C(=O)NCC1CCCCC1)c1ccc2c(c1)OCO2. The molecule has 1 aliphatic heterocycles. The number of carbonyl (C=O) groups excluding carboxylic acids is 2. The van der Waals surface area contributed by atoms with E-state index in [9.17, 15) is 9.59 Å². The topological polar surface area (TPSA) is 95.5 Å². The van der Waals surface area contributed by atoms with Crippen molar-refractivity contribution in [3.05, 3.63) is 23.8 Å². The van der Waals surface area contributed by atoms with E-state index in [0.717, 1.165) is 18.4 Å². The van der Waals surface area contributed by atoms with E-state index < -0.39 is 12.1 Å². The van der Waals surface area contributed by atoms with E-state index in [1.165, 1.54) is 19.3 Å². The molecule has 1 aliphatic carbocycles. The second kappa shape index (κ2) is 10.1. The Balaban J connectivity index is 1.38. The number of esters is 1. The summed E-state index contributed by atoms with van der Waals surface area (Å²) in [5.74, 6) is 0.912. The van der Waals surface area contributed by atoms with Gasteiger partial charge in [-0.15, -0.1) is 0 Å². The van der Waals surface area contributed by atoms with Gasteiger partial charge in [-0.3, -0.25) is 4.79 Å². The lowest BCUT2D eigenvalue weighted by Crippen LogP contribution is -2.39. The zero-order valence-electron chi connectivity index (χ0n) is 16.9. The molecule has 1 N–H and O–H groups in total. The van der Waals surface area contributed by atoms with Crippen LogP contribution >= 0.6 is 0 Å². The lowest BCUT2D eigenvalue weighted by atomic mass is 9.89. The van der Waals surface area contributed by atoms with Crippen molar-refractivity contribution in [2.24, 2.45) is 11.1 Å². The number of nitrogens with zero attached hydrogens (tertiary/aromatic N) is 1. The predicted octanol–water partition coefficient (Wildman–Crippen LogP) is 2.78. The molecular formula is C21H28N2O6.